The Balaban J connectivity index is 1.61. The second kappa shape index (κ2) is 13.6. The van der Waals surface area contributed by atoms with Gasteiger partial charge in [-0.15, -0.1) is 0 Å². The molecule has 0 radical (unpaired) electrons. The fraction of sp³-hybridized carbons (Fsp3) is 0.300. The van der Waals surface area contributed by atoms with Crippen LogP contribution >= 0.6 is 0 Å². The number of esters is 3. The Morgan fingerprint density at radius 3 is 1.46 bits per heavy atom. The summed E-state index contributed by atoms with van der Waals surface area (Å²) in [5, 5.41) is 0. The van der Waals surface area contributed by atoms with Crippen molar-refractivity contribution in [3.8, 4) is 17.2 Å². The minimum absolute atomic E-state index is 0.135. The number of benzene rings is 3. The number of hydrogen-bond donors (Lipinski definition) is 0. The Morgan fingerprint density at radius 1 is 0.610 bits per heavy atom. The van der Waals surface area contributed by atoms with Crippen molar-refractivity contribution in [2.24, 2.45) is 0 Å². The van der Waals surface area contributed by atoms with E-state index in [-0.39, 0.29) is 34.8 Å². The van der Waals surface area contributed by atoms with Crippen LogP contribution in [0.1, 0.15) is 31.1 Å². The highest BCUT2D eigenvalue weighted by molar-refractivity contribution is 5.94. The van der Waals surface area contributed by atoms with Crippen molar-refractivity contribution in [3.63, 3.8) is 0 Å². The summed E-state index contributed by atoms with van der Waals surface area (Å²) in [6.45, 7) is -0.358. The van der Waals surface area contributed by atoms with E-state index in [4.69, 9.17) is 37.9 Å². The van der Waals surface area contributed by atoms with Gasteiger partial charge in [0.05, 0.1) is 21.3 Å². The van der Waals surface area contributed by atoms with Gasteiger partial charge >= 0.3 is 17.9 Å². The lowest BCUT2D eigenvalue weighted by atomic mass is 10.1. The van der Waals surface area contributed by atoms with Gasteiger partial charge in [0.15, 0.2) is 18.5 Å². The standard InChI is InChI=1S/C30H30O11/c1-34-21-14-8-5-11-18(21)27(31)38-17-24-25(40-28(32)19-12-6-9-15-22(19)35-2)26(30(37-4)39-24)41-29(33)20-13-7-10-16-23(20)36-3/h5-16,24-26,30H,17H2,1-4H3/t24-,25-,26+,30-/m1/s1. The molecule has 0 amide bonds. The Kier molecular flexibility index (Phi) is 9.77. The molecule has 0 N–H and O–H groups in total. The third kappa shape index (κ3) is 6.59. The molecule has 1 aliphatic rings. The topological polar surface area (TPSA) is 125 Å². The van der Waals surface area contributed by atoms with Gasteiger partial charge in [-0.2, -0.15) is 0 Å². The molecule has 1 fully saturated rings. The molecule has 4 atom stereocenters. The Hall–Kier alpha value is -4.61. The van der Waals surface area contributed by atoms with Crippen LogP contribution in [0.15, 0.2) is 72.8 Å². The van der Waals surface area contributed by atoms with Gasteiger partial charge in [0.2, 0.25) is 0 Å². The summed E-state index contributed by atoms with van der Waals surface area (Å²) < 4.78 is 44.3. The number of rotatable bonds is 11. The molecule has 3 aromatic carbocycles. The second-order valence-corrected chi connectivity index (χ2v) is 8.72. The molecular formula is C30H30O11. The summed E-state index contributed by atoms with van der Waals surface area (Å²) in [6, 6.07) is 19.5. The molecule has 3 aromatic rings. The Labute approximate surface area is 236 Å². The van der Waals surface area contributed by atoms with Gasteiger partial charge in [-0.25, -0.2) is 14.4 Å². The maximum atomic E-state index is 13.3. The van der Waals surface area contributed by atoms with E-state index in [0.717, 1.165) is 0 Å². The van der Waals surface area contributed by atoms with Gasteiger partial charge in [0, 0.05) is 7.11 Å². The van der Waals surface area contributed by atoms with Crippen molar-refractivity contribution in [2.45, 2.75) is 24.6 Å². The lowest BCUT2D eigenvalue weighted by Gasteiger charge is -2.24. The average molecular weight is 567 g/mol. The number of carbonyl (C=O) groups excluding carboxylic acids is 3. The number of carbonyl (C=O) groups is 3. The third-order valence-corrected chi connectivity index (χ3v) is 6.35. The summed E-state index contributed by atoms with van der Waals surface area (Å²) in [7, 11) is 5.62. The molecule has 0 aromatic heterocycles. The smallest absolute Gasteiger partial charge is 0.342 e. The lowest BCUT2D eigenvalue weighted by Crippen LogP contribution is -2.42. The first-order chi connectivity index (χ1) is 19.9. The summed E-state index contributed by atoms with van der Waals surface area (Å²) >= 11 is 0. The number of methoxy groups -OCH3 is 4. The summed E-state index contributed by atoms with van der Waals surface area (Å²) in [6.07, 6.45) is -4.68. The molecule has 0 spiro atoms. The van der Waals surface area contributed by atoms with Gasteiger partial charge in [-0.05, 0) is 36.4 Å². The minimum atomic E-state index is -1.23. The van der Waals surface area contributed by atoms with Crippen molar-refractivity contribution < 1.29 is 52.3 Å². The summed E-state index contributed by atoms with van der Waals surface area (Å²) in [5.74, 6) is -1.33. The Morgan fingerprint density at radius 2 is 1.02 bits per heavy atom. The van der Waals surface area contributed by atoms with E-state index < -0.39 is 42.5 Å². The van der Waals surface area contributed by atoms with E-state index in [1.54, 1.807) is 60.7 Å². The predicted octanol–water partition coefficient (Wildman–Crippen LogP) is 3.69. The summed E-state index contributed by atoms with van der Waals surface area (Å²) in [5.41, 5.74) is 0.471. The Bertz CT molecular complexity index is 1370. The predicted molar refractivity (Wildman–Crippen MR) is 143 cm³/mol. The van der Waals surface area contributed by atoms with Crippen LogP contribution in [0.25, 0.3) is 0 Å². The molecule has 1 heterocycles. The molecule has 4 rings (SSSR count). The first-order valence-electron chi connectivity index (χ1n) is 12.6. The SMILES string of the molecule is COc1ccccc1C(=O)OC[C@H]1O[C@@H](OC)[C@@H](OC(=O)c2ccccc2OC)[C@@H]1OC(=O)c1ccccc1OC. The average Bonchev–Trinajstić information content (AvgIpc) is 3.34. The molecule has 11 heteroatoms. The van der Waals surface area contributed by atoms with Crippen molar-refractivity contribution in [2.75, 3.05) is 35.0 Å². The molecule has 0 saturated carbocycles. The van der Waals surface area contributed by atoms with Crippen LogP contribution in [0.5, 0.6) is 17.2 Å². The number of para-hydroxylation sites is 3. The van der Waals surface area contributed by atoms with Gasteiger partial charge in [0.1, 0.15) is 46.6 Å². The largest absolute Gasteiger partial charge is 0.496 e. The van der Waals surface area contributed by atoms with E-state index in [0.29, 0.717) is 5.75 Å². The van der Waals surface area contributed by atoms with E-state index in [9.17, 15) is 14.4 Å². The van der Waals surface area contributed by atoms with E-state index in [2.05, 4.69) is 0 Å². The fourth-order valence-electron chi connectivity index (χ4n) is 4.33. The highest BCUT2D eigenvalue weighted by Crippen LogP contribution is 2.32. The summed E-state index contributed by atoms with van der Waals surface area (Å²) in [4.78, 5) is 39.3. The quantitative estimate of drug-likeness (QED) is 0.249. The van der Waals surface area contributed by atoms with Gasteiger partial charge in [-0.1, -0.05) is 36.4 Å². The van der Waals surface area contributed by atoms with E-state index in [1.807, 2.05) is 0 Å². The fourth-order valence-corrected chi connectivity index (χ4v) is 4.33. The molecule has 1 aliphatic heterocycles. The second-order valence-electron chi connectivity index (χ2n) is 8.72. The highest BCUT2D eigenvalue weighted by Gasteiger charge is 2.51. The van der Waals surface area contributed by atoms with Gasteiger partial charge in [0.25, 0.3) is 0 Å². The van der Waals surface area contributed by atoms with Crippen molar-refractivity contribution >= 4 is 17.9 Å². The monoisotopic (exact) mass is 566 g/mol. The van der Waals surface area contributed by atoms with Gasteiger partial charge in [-0.3, -0.25) is 0 Å². The third-order valence-electron chi connectivity index (χ3n) is 6.35. The van der Waals surface area contributed by atoms with Crippen LogP contribution in [0.3, 0.4) is 0 Å². The minimum Gasteiger partial charge on any atom is -0.496 e. The van der Waals surface area contributed by atoms with Crippen LogP contribution in [-0.4, -0.2) is 77.6 Å². The molecule has 0 bridgehead atoms. The van der Waals surface area contributed by atoms with Crippen molar-refractivity contribution in [1.82, 2.24) is 0 Å². The van der Waals surface area contributed by atoms with Crippen molar-refractivity contribution in [1.29, 1.82) is 0 Å². The normalized spacial score (nSPS) is 19.6. The van der Waals surface area contributed by atoms with Crippen LogP contribution < -0.4 is 14.2 Å². The molecule has 1 saturated heterocycles. The zero-order valence-corrected chi connectivity index (χ0v) is 22.9. The zero-order chi connectivity index (χ0) is 29.4. The van der Waals surface area contributed by atoms with E-state index >= 15 is 0 Å². The van der Waals surface area contributed by atoms with Crippen LogP contribution in [0, 0.1) is 0 Å². The molecule has 216 valence electrons. The van der Waals surface area contributed by atoms with E-state index in [1.165, 1.54) is 40.6 Å². The van der Waals surface area contributed by atoms with Crippen LogP contribution in [0.4, 0.5) is 0 Å². The molecule has 0 aliphatic carbocycles. The number of hydrogen-bond acceptors (Lipinski definition) is 11. The molecule has 0 unspecified atom stereocenters. The molecule has 11 nitrogen and oxygen atoms in total. The first-order valence-corrected chi connectivity index (χ1v) is 12.6. The number of ether oxygens (including phenoxy) is 8. The lowest BCUT2D eigenvalue weighted by molar-refractivity contribution is -0.155. The maximum absolute atomic E-state index is 13.3. The highest BCUT2D eigenvalue weighted by atomic mass is 16.7. The van der Waals surface area contributed by atoms with Crippen molar-refractivity contribution in [3.05, 3.63) is 89.5 Å². The maximum Gasteiger partial charge on any atom is 0.342 e. The molecular weight excluding hydrogens is 536 g/mol. The zero-order valence-electron chi connectivity index (χ0n) is 22.9. The van der Waals surface area contributed by atoms with Crippen LogP contribution in [-0.2, 0) is 23.7 Å². The van der Waals surface area contributed by atoms with Gasteiger partial charge < -0.3 is 37.9 Å². The first kappa shape index (κ1) is 29.4. The van der Waals surface area contributed by atoms with Crippen LogP contribution in [0.2, 0.25) is 0 Å². The molecule has 41 heavy (non-hydrogen) atoms.